The second-order valence-electron chi connectivity index (χ2n) is 7.05. The molecule has 2 N–H and O–H groups in total. The molecule has 0 aromatic carbocycles. The third kappa shape index (κ3) is 5.41. The van der Waals surface area contributed by atoms with Crippen LogP contribution in [0, 0.1) is 5.82 Å². The number of nitrogens with zero attached hydrogens (tertiary/aromatic N) is 3. The lowest BCUT2D eigenvalue weighted by atomic mass is 10.0. The Morgan fingerprint density at radius 2 is 1.56 bits per heavy atom. The molecule has 2 aromatic rings. The highest BCUT2D eigenvalue weighted by molar-refractivity contribution is 5.85. The van der Waals surface area contributed by atoms with Gasteiger partial charge in [-0.1, -0.05) is 71.6 Å². The second-order valence-corrected chi connectivity index (χ2v) is 7.05. The average Bonchev–Trinajstić information content (AvgIpc) is 3.06. The van der Waals surface area contributed by atoms with Gasteiger partial charge in [0.15, 0.2) is 11.6 Å². The third-order valence-electron chi connectivity index (χ3n) is 5.00. The van der Waals surface area contributed by atoms with Crippen LogP contribution in [0.2, 0.25) is 0 Å². The summed E-state index contributed by atoms with van der Waals surface area (Å²) < 4.78 is 16.4. The number of halogens is 1. The first-order valence-corrected chi connectivity index (χ1v) is 9.95. The smallest absolute Gasteiger partial charge is 0.167 e. The van der Waals surface area contributed by atoms with Crippen LogP contribution < -0.4 is 5.73 Å². The van der Waals surface area contributed by atoms with Crippen LogP contribution in [-0.2, 0) is 0 Å². The normalized spacial score (nSPS) is 12.8. The quantitative estimate of drug-likeness (QED) is 0.477. The first-order chi connectivity index (χ1) is 12.2. The minimum atomic E-state index is -0.328. The van der Waals surface area contributed by atoms with Crippen LogP contribution in [0.15, 0.2) is 12.5 Å². The Bertz CT molecular complexity index is 638. The molecule has 5 heteroatoms. The Labute approximate surface area is 151 Å². The lowest BCUT2D eigenvalue weighted by molar-refractivity contribution is 0.400. The largest absolute Gasteiger partial charge is 0.382 e. The maximum absolute atomic E-state index is 14.4. The highest BCUT2D eigenvalue weighted by Gasteiger charge is 2.18. The molecule has 0 aliphatic heterocycles. The van der Waals surface area contributed by atoms with Gasteiger partial charge < -0.3 is 10.3 Å². The van der Waals surface area contributed by atoms with E-state index in [-0.39, 0.29) is 5.82 Å². The van der Waals surface area contributed by atoms with Gasteiger partial charge in [-0.05, 0) is 12.8 Å². The van der Waals surface area contributed by atoms with Crippen molar-refractivity contribution in [1.82, 2.24) is 14.5 Å². The van der Waals surface area contributed by atoms with Crippen molar-refractivity contribution in [2.45, 2.75) is 90.5 Å². The molecule has 0 saturated heterocycles. The summed E-state index contributed by atoms with van der Waals surface area (Å²) in [6, 6.07) is 0.291. The zero-order valence-electron chi connectivity index (χ0n) is 15.8. The van der Waals surface area contributed by atoms with Crippen molar-refractivity contribution < 1.29 is 4.39 Å². The zero-order chi connectivity index (χ0) is 18.1. The Hall–Kier alpha value is -1.65. The second kappa shape index (κ2) is 10.4. The van der Waals surface area contributed by atoms with E-state index in [1.807, 2.05) is 4.57 Å². The number of aromatic nitrogens is 3. The van der Waals surface area contributed by atoms with Crippen molar-refractivity contribution in [1.29, 1.82) is 0 Å². The van der Waals surface area contributed by atoms with E-state index in [1.165, 1.54) is 64.0 Å². The molecule has 0 bridgehead atoms. The topological polar surface area (TPSA) is 56.7 Å². The predicted molar refractivity (Wildman–Crippen MR) is 103 cm³/mol. The van der Waals surface area contributed by atoms with Gasteiger partial charge in [0.25, 0.3) is 0 Å². The van der Waals surface area contributed by atoms with Gasteiger partial charge in [-0.2, -0.15) is 0 Å². The minimum Gasteiger partial charge on any atom is -0.382 e. The van der Waals surface area contributed by atoms with Gasteiger partial charge in [-0.25, -0.2) is 14.4 Å². The van der Waals surface area contributed by atoms with Crippen molar-refractivity contribution in [3.8, 4) is 0 Å². The minimum absolute atomic E-state index is 0.291. The van der Waals surface area contributed by atoms with Gasteiger partial charge in [0, 0.05) is 6.04 Å². The SMILES string of the molecule is CCCCCCCC(CCCCCC)n1cnc2c(N)ncc(F)c21. The Balaban J connectivity index is 2.12. The van der Waals surface area contributed by atoms with Crippen LogP contribution in [0.25, 0.3) is 11.0 Å². The summed E-state index contributed by atoms with van der Waals surface area (Å²) in [6.07, 6.45) is 16.3. The van der Waals surface area contributed by atoms with E-state index in [4.69, 9.17) is 5.73 Å². The Morgan fingerprint density at radius 1 is 0.960 bits per heavy atom. The maximum Gasteiger partial charge on any atom is 0.167 e. The molecule has 2 heterocycles. The molecule has 1 unspecified atom stereocenters. The molecule has 1 atom stereocenters. The van der Waals surface area contributed by atoms with Crippen LogP contribution in [0.3, 0.4) is 0 Å². The lowest BCUT2D eigenvalue weighted by Crippen LogP contribution is -2.10. The van der Waals surface area contributed by atoms with E-state index >= 15 is 0 Å². The summed E-state index contributed by atoms with van der Waals surface area (Å²) in [5, 5.41) is 0. The summed E-state index contributed by atoms with van der Waals surface area (Å²) in [4.78, 5) is 8.23. The van der Waals surface area contributed by atoms with Gasteiger partial charge in [-0.3, -0.25) is 0 Å². The van der Waals surface area contributed by atoms with E-state index in [1.54, 1.807) is 6.33 Å². The van der Waals surface area contributed by atoms with Gasteiger partial charge in [0.1, 0.15) is 11.0 Å². The van der Waals surface area contributed by atoms with E-state index in [9.17, 15) is 4.39 Å². The number of anilines is 1. The fourth-order valence-electron chi connectivity index (χ4n) is 3.52. The summed E-state index contributed by atoms with van der Waals surface area (Å²) in [7, 11) is 0. The van der Waals surface area contributed by atoms with Crippen LogP contribution in [0.4, 0.5) is 10.2 Å². The van der Waals surface area contributed by atoms with E-state index in [2.05, 4.69) is 23.8 Å². The van der Waals surface area contributed by atoms with Crippen molar-refractivity contribution in [2.75, 3.05) is 5.73 Å². The molecular weight excluding hydrogens is 315 g/mol. The molecule has 0 saturated carbocycles. The van der Waals surface area contributed by atoms with Crippen molar-refractivity contribution in [3.63, 3.8) is 0 Å². The van der Waals surface area contributed by atoms with Crippen molar-refractivity contribution in [3.05, 3.63) is 18.3 Å². The molecular formula is C20H33FN4. The molecule has 4 nitrogen and oxygen atoms in total. The van der Waals surface area contributed by atoms with E-state index < -0.39 is 0 Å². The molecule has 0 fully saturated rings. The fourth-order valence-corrected chi connectivity index (χ4v) is 3.52. The molecule has 2 aromatic heterocycles. The Kier molecular flexibility index (Phi) is 8.16. The molecule has 0 amide bonds. The highest BCUT2D eigenvalue weighted by Crippen LogP contribution is 2.29. The molecule has 140 valence electrons. The van der Waals surface area contributed by atoms with Crippen molar-refractivity contribution >= 4 is 16.9 Å². The standard InChI is InChI=1S/C20H33FN4/c1-3-5-7-9-11-13-16(12-10-8-6-4-2)25-15-24-18-19(25)17(21)14-23-20(18)22/h14-16H,3-13H2,1-2H3,(H2,22,23). The first kappa shape index (κ1) is 19.7. The van der Waals surface area contributed by atoms with Gasteiger partial charge in [0.2, 0.25) is 0 Å². The van der Waals surface area contributed by atoms with Gasteiger partial charge in [0.05, 0.1) is 12.5 Å². The van der Waals surface area contributed by atoms with Crippen LogP contribution >= 0.6 is 0 Å². The zero-order valence-corrected chi connectivity index (χ0v) is 15.8. The highest BCUT2D eigenvalue weighted by atomic mass is 19.1. The van der Waals surface area contributed by atoms with Crippen LogP contribution in [0.5, 0.6) is 0 Å². The van der Waals surface area contributed by atoms with Crippen LogP contribution in [-0.4, -0.2) is 14.5 Å². The third-order valence-corrected chi connectivity index (χ3v) is 5.00. The molecule has 25 heavy (non-hydrogen) atoms. The number of hydrogen-bond donors (Lipinski definition) is 1. The van der Waals surface area contributed by atoms with Crippen LogP contribution in [0.1, 0.15) is 90.5 Å². The summed E-state index contributed by atoms with van der Waals surface area (Å²) in [5.74, 6) is -0.0194. The summed E-state index contributed by atoms with van der Waals surface area (Å²) >= 11 is 0. The molecule has 0 aliphatic carbocycles. The lowest BCUT2D eigenvalue weighted by Gasteiger charge is -2.20. The molecule has 2 rings (SSSR count). The fraction of sp³-hybridized carbons (Fsp3) is 0.700. The average molecular weight is 349 g/mol. The van der Waals surface area contributed by atoms with Crippen molar-refractivity contribution in [2.24, 2.45) is 0 Å². The number of hydrogen-bond acceptors (Lipinski definition) is 3. The molecule has 0 spiro atoms. The summed E-state index contributed by atoms with van der Waals surface area (Å²) in [5.41, 5.74) is 6.89. The monoisotopic (exact) mass is 348 g/mol. The number of pyridine rings is 1. The molecule has 0 aliphatic rings. The first-order valence-electron chi connectivity index (χ1n) is 9.95. The Morgan fingerprint density at radius 3 is 2.20 bits per heavy atom. The predicted octanol–water partition coefficient (Wildman–Crippen LogP) is 6.02. The number of fused-ring (bicyclic) bond motifs is 1. The number of rotatable bonds is 12. The van der Waals surface area contributed by atoms with Gasteiger partial charge >= 0.3 is 0 Å². The summed E-state index contributed by atoms with van der Waals surface area (Å²) in [6.45, 7) is 4.45. The number of imidazole rings is 1. The number of nitrogens with two attached hydrogens (primary N) is 1. The van der Waals surface area contributed by atoms with Gasteiger partial charge in [-0.15, -0.1) is 0 Å². The number of unbranched alkanes of at least 4 members (excludes halogenated alkanes) is 7. The maximum atomic E-state index is 14.4. The molecule has 0 radical (unpaired) electrons. The van der Waals surface area contributed by atoms with E-state index in [0.717, 1.165) is 12.8 Å². The number of nitrogen functional groups attached to an aromatic ring is 1. The van der Waals surface area contributed by atoms with E-state index in [0.29, 0.717) is 22.9 Å².